The van der Waals surface area contributed by atoms with Crippen molar-refractivity contribution in [2.24, 2.45) is 5.92 Å². The molecule has 2 rings (SSSR count). The van der Waals surface area contributed by atoms with E-state index >= 15 is 0 Å². The third-order valence-electron chi connectivity index (χ3n) is 3.62. The van der Waals surface area contributed by atoms with Gasteiger partial charge in [0.25, 0.3) is 5.69 Å². The van der Waals surface area contributed by atoms with E-state index in [4.69, 9.17) is 4.74 Å². The molecule has 1 heterocycles. The molecule has 0 aromatic heterocycles. The Morgan fingerprint density at radius 3 is 3.05 bits per heavy atom. The van der Waals surface area contributed by atoms with Crippen molar-refractivity contribution in [1.82, 2.24) is 5.32 Å². The number of rotatable bonds is 5. The van der Waals surface area contributed by atoms with E-state index in [1.807, 2.05) is 6.07 Å². The Morgan fingerprint density at radius 2 is 2.37 bits per heavy atom. The lowest BCUT2D eigenvalue weighted by Crippen LogP contribution is -2.29. The van der Waals surface area contributed by atoms with Gasteiger partial charge in [0.1, 0.15) is 0 Å². The molecule has 1 aromatic rings. The van der Waals surface area contributed by atoms with Crippen LogP contribution in [-0.2, 0) is 11.3 Å². The van der Waals surface area contributed by atoms with E-state index in [1.54, 1.807) is 19.1 Å². The van der Waals surface area contributed by atoms with Gasteiger partial charge in [0.05, 0.1) is 11.5 Å². The number of ether oxygens (including phenoxy) is 1. The van der Waals surface area contributed by atoms with E-state index in [0.29, 0.717) is 12.5 Å². The average Bonchev–Trinajstić information content (AvgIpc) is 2.41. The lowest BCUT2D eigenvalue weighted by molar-refractivity contribution is -0.385. The molecule has 0 spiro atoms. The molecule has 0 amide bonds. The molecule has 1 unspecified atom stereocenters. The molecule has 1 atom stereocenters. The van der Waals surface area contributed by atoms with Crippen LogP contribution in [0, 0.1) is 23.0 Å². The second-order valence-electron chi connectivity index (χ2n) is 5.03. The molecule has 104 valence electrons. The van der Waals surface area contributed by atoms with Gasteiger partial charge in [0, 0.05) is 31.3 Å². The van der Waals surface area contributed by atoms with Crippen LogP contribution in [-0.4, -0.2) is 24.7 Å². The van der Waals surface area contributed by atoms with Crippen LogP contribution in [0.3, 0.4) is 0 Å². The first kappa shape index (κ1) is 14.0. The maximum Gasteiger partial charge on any atom is 0.272 e. The van der Waals surface area contributed by atoms with Gasteiger partial charge in [-0.2, -0.15) is 0 Å². The quantitative estimate of drug-likeness (QED) is 0.655. The van der Waals surface area contributed by atoms with E-state index in [9.17, 15) is 10.1 Å². The molecule has 0 aliphatic carbocycles. The number of hydrogen-bond acceptors (Lipinski definition) is 4. The minimum absolute atomic E-state index is 0.195. The molecule has 19 heavy (non-hydrogen) atoms. The fraction of sp³-hybridized carbons (Fsp3) is 0.571. The molecule has 0 bridgehead atoms. The van der Waals surface area contributed by atoms with E-state index in [1.165, 1.54) is 6.42 Å². The number of nitrogens with one attached hydrogen (secondary N) is 1. The zero-order chi connectivity index (χ0) is 13.7. The van der Waals surface area contributed by atoms with E-state index in [0.717, 1.165) is 37.3 Å². The third kappa shape index (κ3) is 3.75. The van der Waals surface area contributed by atoms with Crippen molar-refractivity contribution in [2.45, 2.75) is 26.3 Å². The summed E-state index contributed by atoms with van der Waals surface area (Å²) >= 11 is 0. The first-order valence-electron chi connectivity index (χ1n) is 6.70. The molecule has 1 N–H and O–H groups in total. The van der Waals surface area contributed by atoms with Gasteiger partial charge in [0.15, 0.2) is 0 Å². The highest BCUT2D eigenvalue weighted by Gasteiger charge is 2.15. The number of benzene rings is 1. The van der Waals surface area contributed by atoms with Crippen molar-refractivity contribution >= 4 is 5.69 Å². The van der Waals surface area contributed by atoms with Crippen LogP contribution >= 0.6 is 0 Å². The van der Waals surface area contributed by atoms with Gasteiger partial charge >= 0.3 is 0 Å². The summed E-state index contributed by atoms with van der Waals surface area (Å²) in [6.07, 6.45) is 2.32. The smallest absolute Gasteiger partial charge is 0.272 e. The second kappa shape index (κ2) is 6.63. The van der Waals surface area contributed by atoms with Gasteiger partial charge < -0.3 is 10.1 Å². The maximum absolute atomic E-state index is 10.9. The fourth-order valence-electron chi connectivity index (χ4n) is 2.44. The van der Waals surface area contributed by atoms with Crippen molar-refractivity contribution in [2.75, 3.05) is 19.8 Å². The van der Waals surface area contributed by atoms with Crippen LogP contribution < -0.4 is 5.32 Å². The Hall–Kier alpha value is -1.46. The summed E-state index contributed by atoms with van der Waals surface area (Å²) in [5.41, 5.74) is 1.94. The summed E-state index contributed by atoms with van der Waals surface area (Å²) in [5, 5.41) is 14.2. The summed E-state index contributed by atoms with van der Waals surface area (Å²) in [5.74, 6) is 0.563. The lowest BCUT2D eigenvalue weighted by Gasteiger charge is -2.22. The zero-order valence-corrected chi connectivity index (χ0v) is 11.2. The highest BCUT2D eigenvalue weighted by Crippen LogP contribution is 2.21. The first-order valence-corrected chi connectivity index (χ1v) is 6.70. The van der Waals surface area contributed by atoms with E-state index in [-0.39, 0.29) is 10.6 Å². The van der Waals surface area contributed by atoms with Gasteiger partial charge in [-0.25, -0.2) is 0 Å². The second-order valence-corrected chi connectivity index (χ2v) is 5.03. The van der Waals surface area contributed by atoms with Gasteiger partial charge in [0.2, 0.25) is 0 Å². The van der Waals surface area contributed by atoms with Crippen molar-refractivity contribution in [1.29, 1.82) is 0 Å². The SMILES string of the molecule is Cc1c(CNCC2CCCOC2)cccc1[N+](=O)[O-]. The molecular formula is C14H20N2O3. The van der Waals surface area contributed by atoms with Gasteiger partial charge in [-0.1, -0.05) is 12.1 Å². The van der Waals surface area contributed by atoms with Crippen molar-refractivity contribution < 1.29 is 9.66 Å². The molecule has 1 aliphatic heterocycles. The van der Waals surface area contributed by atoms with Crippen LogP contribution in [0.15, 0.2) is 18.2 Å². The standard InChI is InChI=1S/C14H20N2O3/c1-11-13(5-2-6-14(11)16(17)18)9-15-8-12-4-3-7-19-10-12/h2,5-6,12,15H,3-4,7-10H2,1H3. The molecule has 1 aliphatic rings. The number of nitro groups is 1. The molecule has 0 saturated carbocycles. The monoisotopic (exact) mass is 264 g/mol. The Labute approximate surface area is 113 Å². The van der Waals surface area contributed by atoms with Gasteiger partial charge in [-0.3, -0.25) is 10.1 Å². The van der Waals surface area contributed by atoms with Crippen LogP contribution in [0.4, 0.5) is 5.69 Å². The molecule has 1 fully saturated rings. The molecule has 5 nitrogen and oxygen atoms in total. The Balaban J connectivity index is 1.88. The number of hydrogen-bond donors (Lipinski definition) is 1. The normalized spacial score (nSPS) is 19.3. The largest absolute Gasteiger partial charge is 0.381 e. The molecule has 1 saturated heterocycles. The average molecular weight is 264 g/mol. The minimum atomic E-state index is -0.326. The zero-order valence-electron chi connectivity index (χ0n) is 11.2. The molecule has 5 heteroatoms. The van der Waals surface area contributed by atoms with E-state index < -0.39 is 0 Å². The first-order chi connectivity index (χ1) is 9.18. The summed E-state index contributed by atoms with van der Waals surface area (Å²) in [7, 11) is 0. The highest BCUT2D eigenvalue weighted by atomic mass is 16.6. The Bertz CT molecular complexity index is 442. The van der Waals surface area contributed by atoms with E-state index in [2.05, 4.69) is 5.32 Å². The van der Waals surface area contributed by atoms with Crippen molar-refractivity contribution in [3.63, 3.8) is 0 Å². The molecule has 1 aromatic carbocycles. The Morgan fingerprint density at radius 1 is 1.53 bits per heavy atom. The van der Waals surface area contributed by atoms with Crippen molar-refractivity contribution in [3.05, 3.63) is 39.4 Å². The maximum atomic E-state index is 10.9. The topological polar surface area (TPSA) is 64.4 Å². The van der Waals surface area contributed by atoms with Crippen LogP contribution in [0.5, 0.6) is 0 Å². The highest BCUT2D eigenvalue weighted by molar-refractivity contribution is 5.44. The Kier molecular flexibility index (Phi) is 4.87. The fourth-order valence-corrected chi connectivity index (χ4v) is 2.44. The summed E-state index contributed by atoms with van der Waals surface area (Å²) in [6.45, 7) is 5.08. The van der Waals surface area contributed by atoms with Crippen molar-refractivity contribution in [3.8, 4) is 0 Å². The van der Waals surface area contributed by atoms with Crippen LogP contribution in [0.1, 0.15) is 24.0 Å². The third-order valence-corrected chi connectivity index (χ3v) is 3.62. The van der Waals surface area contributed by atoms with Crippen LogP contribution in [0.2, 0.25) is 0 Å². The minimum Gasteiger partial charge on any atom is -0.381 e. The molecular weight excluding hydrogens is 244 g/mol. The summed E-state index contributed by atoms with van der Waals surface area (Å²) < 4.78 is 5.43. The van der Waals surface area contributed by atoms with Gasteiger partial charge in [-0.05, 0) is 31.2 Å². The lowest BCUT2D eigenvalue weighted by atomic mass is 10.0. The predicted octanol–water partition coefficient (Wildman–Crippen LogP) is 2.42. The van der Waals surface area contributed by atoms with Crippen LogP contribution in [0.25, 0.3) is 0 Å². The number of nitro benzene ring substituents is 1. The summed E-state index contributed by atoms with van der Waals surface area (Å²) in [4.78, 5) is 10.5. The molecule has 0 radical (unpaired) electrons. The van der Waals surface area contributed by atoms with Gasteiger partial charge in [-0.15, -0.1) is 0 Å². The summed E-state index contributed by atoms with van der Waals surface area (Å²) in [6, 6.07) is 5.23. The number of nitrogens with zero attached hydrogens (tertiary/aromatic N) is 1. The predicted molar refractivity (Wildman–Crippen MR) is 73.1 cm³/mol.